The summed E-state index contributed by atoms with van der Waals surface area (Å²) < 4.78 is 3.75. The van der Waals surface area contributed by atoms with E-state index in [1.165, 1.54) is 0 Å². The maximum absolute atomic E-state index is 6.13. The van der Waals surface area contributed by atoms with Gasteiger partial charge in [-0.1, -0.05) is 16.8 Å². The third-order valence-electron chi connectivity index (χ3n) is 3.05. The molecule has 2 aromatic heterocycles. The van der Waals surface area contributed by atoms with Gasteiger partial charge in [0.05, 0.1) is 35.7 Å². The highest BCUT2D eigenvalue weighted by molar-refractivity contribution is 6.31. The second kappa shape index (κ2) is 6.16. The van der Waals surface area contributed by atoms with Gasteiger partial charge in [-0.3, -0.25) is 9.36 Å². The van der Waals surface area contributed by atoms with Gasteiger partial charge in [-0.2, -0.15) is 5.10 Å². The van der Waals surface area contributed by atoms with Crippen LogP contribution in [0.4, 0.5) is 0 Å². The summed E-state index contributed by atoms with van der Waals surface area (Å²) in [5.74, 6) is 0. The van der Waals surface area contributed by atoms with Gasteiger partial charge in [0.1, 0.15) is 0 Å². The third kappa shape index (κ3) is 3.54. The molecule has 0 spiro atoms. The van der Waals surface area contributed by atoms with Crippen molar-refractivity contribution in [2.24, 2.45) is 0 Å². The maximum atomic E-state index is 6.13. The molecule has 0 bridgehead atoms. The van der Waals surface area contributed by atoms with Gasteiger partial charge >= 0.3 is 0 Å². The second-order valence-electron chi connectivity index (χ2n) is 4.69. The molecule has 19 heavy (non-hydrogen) atoms. The molecule has 6 nitrogen and oxygen atoms in total. The largest absolute Gasteiger partial charge is 0.311 e. The minimum Gasteiger partial charge on any atom is -0.311 e. The Labute approximate surface area is 117 Å². The normalized spacial score (nSPS) is 12.8. The highest BCUT2D eigenvalue weighted by Gasteiger charge is 2.11. The van der Waals surface area contributed by atoms with Gasteiger partial charge in [0.2, 0.25) is 0 Å². The molecule has 0 aliphatic carbocycles. The first-order chi connectivity index (χ1) is 9.08. The summed E-state index contributed by atoms with van der Waals surface area (Å²) in [5, 5.41) is 16.3. The lowest BCUT2D eigenvalue weighted by molar-refractivity contribution is 0.425. The highest BCUT2D eigenvalue weighted by atomic mass is 35.5. The van der Waals surface area contributed by atoms with Crippen molar-refractivity contribution in [3.63, 3.8) is 0 Å². The fourth-order valence-electron chi connectivity index (χ4n) is 1.95. The van der Waals surface area contributed by atoms with Gasteiger partial charge in [-0.05, 0) is 20.8 Å². The minimum absolute atomic E-state index is 0.317. The van der Waals surface area contributed by atoms with Crippen molar-refractivity contribution in [2.45, 2.75) is 39.9 Å². The van der Waals surface area contributed by atoms with Gasteiger partial charge in [0.15, 0.2) is 0 Å². The Balaban J connectivity index is 1.80. The molecule has 2 heterocycles. The zero-order chi connectivity index (χ0) is 13.8. The van der Waals surface area contributed by atoms with Gasteiger partial charge < -0.3 is 5.32 Å². The minimum atomic E-state index is 0.317. The van der Waals surface area contributed by atoms with Crippen molar-refractivity contribution < 1.29 is 0 Å². The molecule has 0 fully saturated rings. The summed E-state index contributed by atoms with van der Waals surface area (Å²) in [6.07, 6.45) is 3.54. The van der Waals surface area contributed by atoms with E-state index in [9.17, 15) is 0 Å². The molecule has 0 unspecified atom stereocenters. The maximum Gasteiger partial charge on any atom is 0.0844 e. The summed E-state index contributed by atoms with van der Waals surface area (Å²) in [4.78, 5) is 0. The van der Waals surface area contributed by atoms with E-state index >= 15 is 0 Å². The zero-order valence-electron chi connectivity index (χ0n) is 11.5. The molecular weight excluding hydrogens is 264 g/mol. The van der Waals surface area contributed by atoms with Crippen LogP contribution < -0.4 is 5.32 Å². The number of halogens is 1. The number of rotatable bonds is 6. The number of hydrogen-bond acceptors (Lipinski definition) is 4. The Hall–Kier alpha value is -1.40. The van der Waals surface area contributed by atoms with Crippen molar-refractivity contribution in [3.8, 4) is 0 Å². The van der Waals surface area contributed by atoms with E-state index < -0.39 is 0 Å². The average molecular weight is 283 g/mol. The van der Waals surface area contributed by atoms with E-state index in [0.717, 1.165) is 36.0 Å². The first-order valence-electron chi connectivity index (χ1n) is 6.35. The lowest BCUT2D eigenvalue weighted by Gasteiger charge is -2.14. The quantitative estimate of drug-likeness (QED) is 0.871. The van der Waals surface area contributed by atoms with Crippen LogP contribution in [-0.4, -0.2) is 37.4 Å². The standard InChI is InChI=1S/C12H19ClN6/c1-9(14-4-6-18-7-5-15-17-18)8-19-11(3)12(13)10(2)16-19/h5,7,9,14H,4,6,8H2,1-3H3/t9-/m0/s1. The van der Waals surface area contributed by atoms with Gasteiger partial charge in [-0.15, -0.1) is 5.10 Å². The van der Waals surface area contributed by atoms with Crippen molar-refractivity contribution in [2.75, 3.05) is 6.54 Å². The van der Waals surface area contributed by atoms with Crippen LogP contribution in [0.5, 0.6) is 0 Å². The third-order valence-corrected chi connectivity index (χ3v) is 3.59. The number of nitrogens with zero attached hydrogens (tertiary/aromatic N) is 5. The SMILES string of the molecule is Cc1nn(C[C@H](C)NCCn2ccnn2)c(C)c1Cl. The van der Waals surface area contributed by atoms with E-state index in [2.05, 4.69) is 27.7 Å². The van der Waals surface area contributed by atoms with Crippen LogP contribution >= 0.6 is 11.6 Å². The summed E-state index contributed by atoms with van der Waals surface area (Å²) in [5.41, 5.74) is 1.90. The van der Waals surface area contributed by atoms with Gasteiger partial charge in [0, 0.05) is 18.8 Å². The summed E-state index contributed by atoms with van der Waals surface area (Å²) in [6.45, 7) is 8.50. The van der Waals surface area contributed by atoms with E-state index in [4.69, 9.17) is 11.6 Å². The van der Waals surface area contributed by atoms with Crippen molar-refractivity contribution >= 4 is 11.6 Å². The molecule has 0 saturated carbocycles. The van der Waals surface area contributed by atoms with Crippen molar-refractivity contribution in [3.05, 3.63) is 28.8 Å². The van der Waals surface area contributed by atoms with Crippen LogP contribution in [0.15, 0.2) is 12.4 Å². The first-order valence-corrected chi connectivity index (χ1v) is 6.72. The number of aromatic nitrogens is 5. The Morgan fingerprint density at radius 1 is 1.42 bits per heavy atom. The first kappa shape index (κ1) is 14.0. The molecule has 0 aromatic carbocycles. The summed E-state index contributed by atoms with van der Waals surface area (Å²) >= 11 is 6.13. The van der Waals surface area contributed by atoms with Crippen molar-refractivity contribution in [1.82, 2.24) is 30.1 Å². The topological polar surface area (TPSA) is 60.6 Å². The average Bonchev–Trinajstić information content (AvgIpc) is 2.96. The Bertz CT molecular complexity index is 519. The highest BCUT2D eigenvalue weighted by Crippen LogP contribution is 2.18. The molecule has 0 saturated heterocycles. The van der Waals surface area contributed by atoms with E-state index in [1.807, 2.05) is 24.7 Å². The fraction of sp³-hybridized carbons (Fsp3) is 0.583. The fourth-order valence-corrected chi connectivity index (χ4v) is 2.09. The monoisotopic (exact) mass is 282 g/mol. The molecule has 2 aromatic rings. The molecule has 104 valence electrons. The molecule has 0 radical (unpaired) electrons. The smallest absolute Gasteiger partial charge is 0.0844 e. The summed E-state index contributed by atoms with van der Waals surface area (Å²) in [6, 6.07) is 0.317. The van der Waals surface area contributed by atoms with Crippen molar-refractivity contribution in [1.29, 1.82) is 0 Å². The van der Waals surface area contributed by atoms with Crippen LogP contribution in [0, 0.1) is 13.8 Å². The van der Waals surface area contributed by atoms with Crippen LogP contribution in [0.25, 0.3) is 0 Å². The lowest BCUT2D eigenvalue weighted by Crippen LogP contribution is -2.33. The Morgan fingerprint density at radius 2 is 2.21 bits per heavy atom. The van der Waals surface area contributed by atoms with E-state index in [-0.39, 0.29) is 0 Å². The Kier molecular flexibility index (Phi) is 4.55. The molecule has 1 atom stereocenters. The van der Waals surface area contributed by atoms with Gasteiger partial charge in [-0.25, -0.2) is 0 Å². The molecule has 1 N–H and O–H groups in total. The predicted molar refractivity (Wildman–Crippen MR) is 74.2 cm³/mol. The van der Waals surface area contributed by atoms with Crippen LogP contribution in [-0.2, 0) is 13.1 Å². The second-order valence-corrected chi connectivity index (χ2v) is 5.07. The number of hydrogen-bond donors (Lipinski definition) is 1. The lowest BCUT2D eigenvalue weighted by atomic mass is 10.3. The van der Waals surface area contributed by atoms with Crippen LogP contribution in [0.1, 0.15) is 18.3 Å². The molecule has 0 amide bonds. The van der Waals surface area contributed by atoms with Crippen LogP contribution in [0.2, 0.25) is 5.02 Å². The van der Waals surface area contributed by atoms with E-state index in [0.29, 0.717) is 6.04 Å². The molecular formula is C12H19ClN6. The van der Waals surface area contributed by atoms with Gasteiger partial charge in [0.25, 0.3) is 0 Å². The van der Waals surface area contributed by atoms with Crippen LogP contribution in [0.3, 0.4) is 0 Å². The van der Waals surface area contributed by atoms with E-state index in [1.54, 1.807) is 10.9 Å². The number of aryl methyl sites for hydroxylation is 1. The zero-order valence-corrected chi connectivity index (χ0v) is 12.2. The Morgan fingerprint density at radius 3 is 2.79 bits per heavy atom. The molecule has 2 rings (SSSR count). The predicted octanol–water partition coefficient (Wildman–Crippen LogP) is 1.42. The molecule has 7 heteroatoms. The number of nitrogens with one attached hydrogen (secondary N) is 1. The summed E-state index contributed by atoms with van der Waals surface area (Å²) in [7, 11) is 0. The molecule has 0 aliphatic heterocycles. The molecule has 0 aliphatic rings.